The molecular weight excluding hydrogens is 243 g/mol. The molecule has 0 aliphatic heterocycles. The third-order valence-electron chi connectivity index (χ3n) is 2.80. The number of aryl methyl sites for hydroxylation is 1. The number of nitrogens with one attached hydrogen (secondary N) is 1. The van der Waals surface area contributed by atoms with Crippen LogP contribution in [0.2, 0.25) is 0 Å². The number of hydrogen-bond donors (Lipinski definition) is 1. The molecule has 2 aromatic rings. The highest BCUT2D eigenvalue weighted by atomic mass is 19.1. The zero-order valence-electron chi connectivity index (χ0n) is 11.1. The molecule has 4 heteroatoms. The zero-order valence-corrected chi connectivity index (χ0v) is 11.1. The summed E-state index contributed by atoms with van der Waals surface area (Å²) in [5.41, 5.74) is 2.62. The summed E-state index contributed by atoms with van der Waals surface area (Å²) in [5, 5.41) is 3.06. The smallest absolute Gasteiger partial charge is 0.195 e. The first-order chi connectivity index (χ1) is 9.22. The number of hydrogen-bond acceptors (Lipinski definition) is 3. The molecule has 1 aromatic carbocycles. The number of rotatable bonds is 5. The van der Waals surface area contributed by atoms with Crippen molar-refractivity contribution >= 4 is 16.8 Å². The lowest BCUT2D eigenvalue weighted by atomic mass is 10.3. The zero-order chi connectivity index (χ0) is 13.7. The fraction of sp³-hybridized carbons (Fsp3) is 0.267. The number of allylic oxidation sites excluding steroid dienone is 4. The van der Waals surface area contributed by atoms with Gasteiger partial charge in [-0.2, -0.15) is 0 Å². The van der Waals surface area contributed by atoms with Crippen molar-refractivity contribution in [1.82, 2.24) is 4.98 Å². The van der Waals surface area contributed by atoms with Gasteiger partial charge < -0.3 is 9.73 Å². The lowest BCUT2D eigenvalue weighted by molar-refractivity contribution is 0.530. The molecule has 0 saturated heterocycles. The van der Waals surface area contributed by atoms with Gasteiger partial charge in [-0.3, -0.25) is 0 Å². The van der Waals surface area contributed by atoms with E-state index in [1.807, 2.05) is 25.2 Å². The minimum absolute atomic E-state index is 0.226. The monoisotopic (exact) mass is 260 g/mol. The quantitative estimate of drug-likeness (QED) is 0.817. The second kappa shape index (κ2) is 6.18. The van der Waals surface area contributed by atoms with E-state index in [4.69, 9.17) is 4.42 Å². The Morgan fingerprint density at radius 1 is 1.47 bits per heavy atom. The van der Waals surface area contributed by atoms with Gasteiger partial charge in [-0.1, -0.05) is 12.2 Å². The van der Waals surface area contributed by atoms with Gasteiger partial charge in [-0.25, -0.2) is 9.37 Å². The molecule has 100 valence electrons. The van der Waals surface area contributed by atoms with E-state index in [1.54, 1.807) is 13.0 Å². The van der Waals surface area contributed by atoms with Gasteiger partial charge in [-0.05, 0) is 37.6 Å². The van der Waals surface area contributed by atoms with Crippen LogP contribution in [-0.2, 0) is 6.42 Å². The fourth-order valence-corrected chi connectivity index (χ4v) is 1.74. The number of anilines is 1. The van der Waals surface area contributed by atoms with E-state index in [0.29, 0.717) is 18.7 Å². The summed E-state index contributed by atoms with van der Waals surface area (Å²) in [4.78, 5) is 4.41. The molecule has 0 spiro atoms. The molecule has 0 bridgehead atoms. The van der Waals surface area contributed by atoms with Crippen LogP contribution in [-0.4, -0.2) is 12.0 Å². The lowest BCUT2D eigenvalue weighted by Gasteiger charge is -1.96. The highest BCUT2D eigenvalue weighted by molar-refractivity contribution is 5.77. The van der Waals surface area contributed by atoms with Crippen molar-refractivity contribution in [3.63, 3.8) is 0 Å². The molecule has 0 radical (unpaired) electrons. The predicted octanol–water partition coefficient (Wildman–Crippen LogP) is 4.23. The normalized spacial score (nSPS) is 12.5. The number of halogens is 1. The van der Waals surface area contributed by atoms with Crippen molar-refractivity contribution in [2.45, 2.75) is 19.8 Å². The van der Waals surface area contributed by atoms with Crippen LogP contribution in [0.4, 0.5) is 10.1 Å². The van der Waals surface area contributed by atoms with Gasteiger partial charge in [-0.15, -0.1) is 0 Å². The third kappa shape index (κ3) is 3.44. The molecular formula is C15H17FN2O. The summed E-state index contributed by atoms with van der Waals surface area (Å²) in [7, 11) is 1.86. The summed E-state index contributed by atoms with van der Waals surface area (Å²) in [6, 6.07) is 5.78. The number of fused-ring (bicyclic) bond motifs is 1. The first-order valence-electron chi connectivity index (χ1n) is 6.28. The van der Waals surface area contributed by atoms with Crippen molar-refractivity contribution in [2.24, 2.45) is 0 Å². The molecule has 0 fully saturated rings. The van der Waals surface area contributed by atoms with Crippen LogP contribution in [0.25, 0.3) is 11.1 Å². The SMILES string of the molecule is C/C=C(F)\C=C/CCc1nc2cc(NC)ccc2o1. The Balaban J connectivity index is 2.03. The molecule has 0 unspecified atom stereocenters. The lowest BCUT2D eigenvalue weighted by Crippen LogP contribution is -1.86. The second-order valence-electron chi connectivity index (χ2n) is 4.15. The summed E-state index contributed by atoms with van der Waals surface area (Å²) < 4.78 is 18.5. The van der Waals surface area contributed by atoms with Gasteiger partial charge in [0.15, 0.2) is 11.5 Å². The van der Waals surface area contributed by atoms with Crippen LogP contribution in [0.3, 0.4) is 0 Å². The molecule has 0 aliphatic carbocycles. The second-order valence-corrected chi connectivity index (χ2v) is 4.15. The minimum atomic E-state index is -0.226. The number of benzene rings is 1. The van der Waals surface area contributed by atoms with E-state index in [9.17, 15) is 4.39 Å². The first kappa shape index (κ1) is 13.3. The minimum Gasteiger partial charge on any atom is -0.441 e. The highest BCUT2D eigenvalue weighted by Gasteiger charge is 2.05. The summed E-state index contributed by atoms with van der Waals surface area (Å²) >= 11 is 0. The van der Waals surface area contributed by atoms with Crippen molar-refractivity contribution in [2.75, 3.05) is 12.4 Å². The fourth-order valence-electron chi connectivity index (χ4n) is 1.74. The highest BCUT2D eigenvalue weighted by Crippen LogP contribution is 2.20. The van der Waals surface area contributed by atoms with E-state index in [1.165, 1.54) is 12.2 Å². The Labute approximate surface area is 111 Å². The summed E-state index contributed by atoms with van der Waals surface area (Å²) in [5.74, 6) is 0.449. The average molecular weight is 260 g/mol. The molecule has 0 atom stereocenters. The first-order valence-corrected chi connectivity index (χ1v) is 6.28. The van der Waals surface area contributed by atoms with Crippen molar-refractivity contribution in [1.29, 1.82) is 0 Å². The Morgan fingerprint density at radius 3 is 3.05 bits per heavy atom. The standard InChI is InChI=1S/C15H17FN2O/c1-3-11(16)6-4-5-7-15-18-13-10-12(17-2)8-9-14(13)19-15/h3-4,6,8-10,17H,5,7H2,1-2H3/b6-4-,11-3+. The van der Waals surface area contributed by atoms with Crippen LogP contribution in [0, 0.1) is 0 Å². The van der Waals surface area contributed by atoms with Crippen LogP contribution >= 0.6 is 0 Å². The van der Waals surface area contributed by atoms with Crippen molar-refractivity contribution in [3.05, 3.63) is 48.1 Å². The molecule has 1 heterocycles. The van der Waals surface area contributed by atoms with Gasteiger partial charge in [0.05, 0.1) is 0 Å². The van der Waals surface area contributed by atoms with E-state index in [2.05, 4.69) is 10.3 Å². The number of aromatic nitrogens is 1. The van der Waals surface area contributed by atoms with Gasteiger partial charge in [0.1, 0.15) is 11.3 Å². The maximum atomic E-state index is 12.8. The largest absolute Gasteiger partial charge is 0.441 e. The average Bonchev–Trinajstić information content (AvgIpc) is 2.84. The predicted molar refractivity (Wildman–Crippen MR) is 75.9 cm³/mol. The Kier molecular flexibility index (Phi) is 4.34. The number of oxazole rings is 1. The molecule has 0 amide bonds. The molecule has 19 heavy (non-hydrogen) atoms. The van der Waals surface area contributed by atoms with E-state index < -0.39 is 0 Å². The van der Waals surface area contributed by atoms with Crippen LogP contribution in [0.15, 0.2) is 46.7 Å². The Hall–Kier alpha value is -2.10. The molecule has 0 aliphatic rings. The Morgan fingerprint density at radius 2 is 2.32 bits per heavy atom. The van der Waals surface area contributed by atoms with E-state index >= 15 is 0 Å². The molecule has 1 aromatic heterocycles. The summed E-state index contributed by atoms with van der Waals surface area (Å²) in [6.07, 6.45) is 6.03. The van der Waals surface area contributed by atoms with Gasteiger partial charge >= 0.3 is 0 Å². The van der Waals surface area contributed by atoms with Crippen molar-refractivity contribution in [3.8, 4) is 0 Å². The van der Waals surface area contributed by atoms with E-state index in [-0.39, 0.29) is 5.83 Å². The molecule has 0 saturated carbocycles. The van der Waals surface area contributed by atoms with Gasteiger partial charge in [0.2, 0.25) is 0 Å². The van der Waals surface area contributed by atoms with Crippen molar-refractivity contribution < 1.29 is 8.81 Å². The van der Waals surface area contributed by atoms with E-state index in [0.717, 1.165) is 16.8 Å². The third-order valence-corrected chi connectivity index (χ3v) is 2.80. The maximum absolute atomic E-state index is 12.8. The molecule has 2 rings (SSSR count). The van der Waals surface area contributed by atoms with Crippen LogP contribution < -0.4 is 5.32 Å². The molecule has 3 nitrogen and oxygen atoms in total. The van der Waals surface area contributed by atoms with Crippen LogP contribution in [0.1, 0.15) is 19.2 Å². The topological polar surface area (TPSA) is 38.1 Å². The Bertz CT molecular complexity index is 614. The molecule has 1 N–H and O–H groups in total. The maximum Gasteiger partial charge on any atom is 0.195 e. The van der Waals surface area contributed by atoms with Crippen LogP contribution in [0.5, 0.6) is 0 Å². The number of nitrogens with zero attached hydrogens (tertiary/aromatic N) is 1. The van der Waals surface area contributed by atoms with Gasteiger partial charge in [0.25, 0.3) is 0 Å². The van der Waals surface area contributed by atoms with Gasteiger partial charge in [0, 0.05) is 19.2 Å². The summed E-state index contributed by atoms with van der Waals surface area (Å²) in [6.45, 7) is 1.67.